The van der Waals surface area contributed by atoms with Crippen molar-refractivity contribution < 1.29 is 69.1 Å². The smallest absolute Gasteiger partial charge is 1.00 e. The van der Waals surface area contributed by atoms with Gasteiger partial charge < -0.3 is 6.16 Å². The molecule has 0 heterocycles. The predicted molar refractivity (Wildman–Crippen MR) is 32.7 cm³/mol. The minimum Gasteiger partial charge on any atom is -1.00 e. The van der Waals surface area contributed by atoms with E-state index in [0.29, 0.717) is 13.1 Å². The summed E-state index contributed by atoms with van der Waals surface area (Å²) in [6.07, 6.45) is 3.31. The van der Waals surface area contributed by atoms with Crippen LogP contribution in [-0.4, -0.2) is 13.1 Å². The van der Waals surface area contributed by atoms with Crippen LogP contribution in [0.25, 0.3) is 0 Å². The standard InChI is InChI=1S/C6H12O2.Rb.H/c1-2-3-4-5-8-6-7;;/h6H,2-5H2,1H3;;/q;+1;-1. The fourth-order valence-corrected chi connectivity index (χ4v) is 0.484. The van der Waals surface area contributed by atoms with Crippen LogP contribution in [0.3, 0.4) is 0 Å². The Morgan fingerprint density at radius 2 is 2.22 bits per heavy atom. The normalized spacial score (nSPS) is 7.67. The van der Waals surface area contributed by atoms with Gasteiger partial charge in [0.25, 0.3) is 6.47 Å². The van der Waals surface area contributed by atoms with E-state index in [1.807, 2.05) is 0 Å². The number of ether oxygens (including phenoxy) is 1. The Labute approximate surface area is 107 Å². The zero-order valence-corrected chi connectivity index (χ0v) is 11.1. The van der Waals surface area contributed by atoms with Crippen molar-refractivity contribution in [1.82, 2.24) is 0 Å². The van der Waals surface area contributed by atoms with Crippen LogP contribution in [-0.2, 0) is 9.53 Å². The molecule has 0 spiro atoms. The summed E-state index contributed by atoms with van der Waals surface area (Å²) in [6, 6.07) is 0. The minimum absolute atomic E-state index is 0. The van der Waals surface area contributed by atoms with Crippen molar-refractivity contribution in [2.45, 2.75) is 26.2 Å². The maximum Gasteiger partial charge on any atom is 1.00 e. The van der Waals surface area contributed by atoms with Crippen molar-refractivity contribution in [3.05, 3.63) is 0 Å². The van der Waals surface area contributed by atoms with Crippen LogP contribution in [0.15, 0.2) is 0 Å². The molecule has 0 amide bonds. The van der Waals surface area contributed by atoms with Gasteiger partial charge in [-0.1, -0.05) is 19.8 Å². The summed E-state index contributed by atoms with van der Waals surface area (Å²) in [5, 5.41) is 0. The van der Waals surface area contributed by atoms with E-state index in [4.69, 9.17) is 0 Å². The number of carbonyl (C=O) groups excluding carboxylic acids is 1. The monoisotopic (exact) mass is 202 g/mol. The summed E-state index contributed by atoms with van der Waals surface area (Å²) < 4.78 is 4.46. The van der Waals surface area contributed by atoms with E-state index < -0.39 is 0 Å². The van der Waals surface area contributed by atoms with Crippen LogP contribution < -0.4 is 58.2 Å². The molecule has 0 N–H and O–H groups in total. The summed E-state index contributed by atoms with van der Waals surface area (Å²) in [5.41, 5.74) is 0. The topological polar surface area (TPSA) is 26.3 Å². The molecule has 0 aromatic rings. The maximum absolute atomic E-state index is 9.55. The first kappa shape index (κ1) is 12.9. The molecule has 9 heavy (non-hydrogen) atoms. The van der Waals surface area contributed by atoms with E-state index >= 15 is 0 Å². The number of hydrogen-bond acceptors (Lipinski definition) is 2. The summed E-state index contributed by atoms with van der Waals surface area (Å²) >= 11 is 0. The van der Waals surface area contributed by atoms with Crippen molar-refractivity contribution in [2.75, 3.05) is 6.61 Å². The first-order chi connectivity index (χ1) is 3.91. The zero-order valence-electron chi connectivity index (χ0n) is 7.22. The molecule has 0 aliphatic carbocycles. The molecule has 0 bridgehead atoms. The van der Waals surface area contributed by atoms with Gasteiger partial charge in [0.1, 0.15) is 0 Å². The molecule has 0 radical (unpaired) electrons. The van der Waals surface area contributed by atoms with E-state index in [2.05, 4.69) is 11.7 Å². The van der Waals surface area contributed by atoms with Crippen LogP contribution in [0.5, 0.6) is 0 Å². The molecule has 0 saturated heterocycles. The third-order valence-corrected chi connectivity index (χ3v) is 0.934. The van der Waals surface area contributed by atoms with Gasteiger partial charge in [-0.05, 0) is 6.42 Å². The Hall–Kier alpha value is 1.28. The molecule has 0 rings (SSSR count). The Kier molecular flexibility index (Phi) is 17.2. The van der Waals surface area contributed by atoms with E-state index in [-0.39, 0.29) is 59.6 Å². The van der Waals surface area contributed by atoms with Crippen LogP contribution >= 0.6 is 0 Å². The molecule has 3 heteroatoms. The second-order valence-electron chi connectivity index (χ2n) is 1.67. The van der Waals surface area contributed by atoms with Gasteiger partial charge in [0.2, 0.25) is 0 Å². The predicted octanol–water partition coefficient (Wildman–Crippen LogP) is -1.53. The van der Waals surface area contributed by atoms with Crippen molar-refractivity contribution in [3.8, 4) is 0 Å². The number of unbranched alkanes of at least 4 members (excludes halogenated alkanes) is 2. The van der Waals surface area contributed by atoms with Crippen molar-refractivity contribution in [3.63, 3.8) is 0 Å². The first-order valence-corrected chi connectivity index (χ1v) is 2.97. The molecule has 50 valence electrons. The molecule has 0 aliphatic rings. The van der Waals surface area contributed by atoms with Gasteiger partial charge in [-0.3, -0.25) is 4.79 Å². The fraction of sp³-hybridized carbons (Fsp3) is 0.833. The average molecular weight is 203 g/mol. The Morgan fingerprint density at radius 3 is 2.67 bits per heavy atom. The molecule has 0 aliphatic heterocycles. The van der Waals surface area contributed by atoms with Crippen LogP contribution in [0.4, 0.5) is 0 Å². The summed E-state index contributed by atoms with van der Waals surface area (Å²) in [4.78, 5) is 9.55. The molecule has 0 saturated carbocycles. The van der Waals surface area contributed by atoms with Crippen LogP contribution in [0.1, 0.15) is 27.6 Å². The summed E-state index contributed by atoms with van der Waals surface area (Å²) in [5.74, 6) is 0. The third kappa shape index (κ3) is 12.5. The number of hydrogen-bond donors (Lipinski definition) is 0. The first-order valence-electron chi connectivity index (χ1n) is 2.97. The molecule has 0 aromatic heterocycles. The molecule has 0 unspecified atom stereocenters. The Bertz CT molecular complexity index is 61.7. The van der Waals surface area contributed by atoms with Crippen molar-refractivity contribution in [1.29, 1.82) is 0 Å². The van der Waals surface area contributed by atoms with Gasteiger partial charge in [0, 0.05) is 0 Å². The molecule has 0 fully saturated rings. The second kappa shape index (κ2) is 12.0. The van der Waals surface area contributed by atoms with E-state index in [1.165, 1.54) is 6.42 Å². The largest absolute Gasteiger partial charge is 1.00 e. The molecule has 2 nitrogen and oxygen atoms in total. The Balaban J connectivity index is -0.000000245. The summed E-state index contributed by atoms with van der Waals surface area (Å²) in [6.45, 7) is 3.19. The third-order valence-electron chi connectivity index (χ3n) is 0.934. The maximum atomic E-state index is 9.55. The quantitative estimate of drug-likeness (QED) is 0.399. The number of carbonyl (C=O) groups is 1. The molecule has 0 atom stereocenters. The van der Waals surface area contributed by atoms with Gasteiger partial charge in [0.15, 0.2) is 0 Å². The van der Waals surface area contributed by atoms with Crippen LogP contribution in [0, 0.1) is 0 Å². The van der Waals surface area contributed by atoms with Crippen molar-refractivity contribution >= 4 is 6.47 Å². The SMILES string of the molecule is CCCCCOC=O.[H-].[Rb+]. The zero-order chi connectivity index (χ0) is 6.24. The molecule has 0 aromatic carbocycles. The Morgan fingerprint density at radius 1 is 1.56 bits per heavy atom. The van der Waals surface area contributed by atoms with Crippen LogP contribution in [0.2, 0.25) is 0 Å². The number of rotatable bonds is 5. The summed E-state index contributed by atoms with van der Waals surface area (Å²) in [7, 11) is 0. The molecular weight excluding hydrogens is 190 g/mol. The minimum atomic E-state index is 0. The van der Waals surface area contributed by atoms with Gasteiger partial charge >= 0.3 is 58.2 Å². The second-order valence-corrected chi connectivity index (χ2v) is 1.67. The van der Waals surface area contributed by atoms with E-state index in [9.17, 15) is 4.79 Å². The van der Waals surface area contributed by atoms with Gasteiger partial charge in [-0.2, -0.15) is 0 Å². The average Bonchev–Trinajstić information content (AvgIpc) is 1.81. The van der Waals surface area contributed by atoms with Gasteiger partial charge in [-0.25, -0.2) is 0 Å². The molecular formula is C6H13O2Rb. The van der Waals surface area contributed by atoms with E-state index in [0.717, 1.165) is 12.8 Å². The fourth-order valence-electron chi connectivity index (χ4n) is 0.484. The van der Waals surface area contributed by atoms with Gasteiger partial charge in [0.05, 0.1) is 6.61 Å². The van der Waals surface area contributed by atoms with E-state index in [1.54, 1.807) is 0 Å². The van der Waals surface area contributed by atoms with Crippen molar-refractivity contribution in [2.24, 2.45) is 0 Å². The van der Waals surface area contributed by atoms with Gasteiger partial charge in [-0.15, -0.1) is 0 Å².